The second-order valence-electron chi connectivity index (χ2n) is 6.14. The highest BCUT2D eigenvalue weighted by Gasteiger charge is 2.19. The van der Waals surface area contributed by atoms with Gasteiger partial charge < -0.3 is 14.6 Å². The van der Waals surface area contributed by atoms with E-state index >= 15 is 0 Å². The molecule has 2 aromatic rings. The summed E-state index contributed by atoms with van der Waals surface area (Å²) in [4.78, 5) is 16.9. The first-order valence-electron chi connectivity index (χ1n) is 8.63. The predicted molar refractivity (Wildman–Crippen MR) is 98.3 cm³/mol. The fourth-order valence-electron chi connectivity index (χ4n) is 3.16. The van der Waals surface area contributed by atoms with Crippen molar-refractivity contribution in [2.24, 2.45) is 0 Å². The third kappa shape index (κ3) is 3.92. The van der Waals surface area contributed by atoms with Gasteiger partial charge in [0, 0.05) is 18.9 Å². The Labute approximate surface area is 147 Å². The van der Waals surface area contributed by atoms with Crippen LogP contribution in [0.4, 0.5) is 0 Å². The highest BCUT2D eigenvalue weighted by molar-refractivity contribution is 7.99. The third-order valence-corrected chi connectivity index (χ3v) is 5.40. The van der Waals surface area contributed by atoms with E-state index in [-0.39, 0.29) is 11.9 Å². The first-order valence-corrected chi connectivity index (χ1v) is 9.78. The zero-order valence-corrected chi connectivity index (χ0v) is 15.1. The van der Waals surface area contributed by atoms with Gasteiger partial charge in [0.15, 0.2) is 0 Å². The highest BCUT2D eigenvalue weighted by atomic mass is 32.2. The normalized spacial score (nSPS) is 18.8. The predicted octanol–water partition coefficient (Wildman–Crippen LogP) is 3.15. The molecule has 6 heteroatoms. The van der Waals surface area contributed by atoms with Gasteiger partial charge in [-0.3, -0.25) is 4.79 Å². The Balaban J connectivity index is 1.57. The topological polar surface area (TPSA) is 56.2 Å². The Bertz CT molecular complexity index is 695. The van der Waals surface area contributed by atoms with E-state index in [1.165, 1.54) is 0 Å². The van der Waals surface area contributed by atoms with Gasteiger partial charge in [-0.2, -0.15) is 0 Å². The number of nitrogens with zero attached hydrogens (tertiary/aromatic N) is 2. The molecule has 3 rings (SSSR count). The molecule has 1 aromatic heterocycles. The van der Waals surface area contributed by atoms with Gasteiger partial charge in [-0.25, -0.2) is 4.98 Å². The van der Waals surface area contributed by atoms with E-state index in [2.05, 4.69) is 22.9 Å². The first kappa shape index (κ1) is 17.3. The van der Waals surface area contributed by atoms with E-state index in [9.17, 15) is 4.79 Å². The number of ether oxygens (including phenoxy) is 1. The van der Waals surface area contributed by atoms with Gasteiger partial charge in [-0.05, 0) is 38.8 Å². The zero-order chi connectivity index (χ0) is 16.9. The van der Waals surface area contributed by atoms with Crippen molar-refractivity contribution >= 4 is 28.7 Å². The number of hydrogen-bond donors (Lipinski definition) is 1. The summed E-state index contributed by atoms with van der Waals surface area (Å²) < 4.78 is 7.75. The number of hydrogen-bond acceptors (Lipinski definition) is 4. The first-order chi connectivity index (χ1) is 11.7. The molecule has 1 aliphatic heterocycles. The quantitative estimate of drug-likeness (QED) is 0.836. The molecule has 1 amide bonds. The lowest BCUT2D eigenvalue weighted by atomic mass is 10.3. The summed E-state index contributed by atoms with van der Waals surface area (Å²) in [5.41, 5.74) is 2.09. The molecular formula is C18H25N3O2S. The molecule has 5 nitrogen and oxygen atoms in total. The van der Waals surface area contributed by atoms with Crippen LogP contribution in [0.5, 0.6) is 0 Å². The van der Waals surface area contributed by atoms with Gasteiger partial charge in [-0.15, -0.1) is 11.8 Å². The fourth-order valence-corrected chi connectivity index (χ4v) is 4.08. The average molecular weight is 347 g/mol. The van der Waals surface area contributed by atoms with Gasteiger partial charge in [0.1, 0.15) is 5.82 Å². The Morgan fingerprint density at radius 3 is 3.08 bits per heavy atom. The van der Waals surface area contributed by atoms with E-state index in [0.29, 0.717) is 11.9 Å². The number of aryl methyl sites for hydroxylation is 1. The average Bonchev–Trinajstić information content (AvgIpc) is 3.21. The van der Waals surface area contributed by atoms with Crippen LogP contribution in [0.25, 0.3) is 11.0 Å². The number of para-hydroxylation sites is 2. The van der Waals surface area contributed by atoms with E-state index in [4.69, 9.17) is 9.72 Å². The largest absolute Gasteiger partial charge is 0.377 e. The molecule has 2 atom stereocenters. The molecule has 0 radical (unpaired) electrons. The number of rotatable bonds is 7. The van der Waals surface area contributed by atoms with Gasteiger partial charge in [-0.1, -0.05) is 12.1 Å². The number of carbonyl (C=O) groups is 1. The molecule has 1 aromatic carbocycles. The lowest BCUT2D eigenvalue weighted by Crippen LogP contribution is -2.30. The number of nitrogens with one attached hydrogen (secondary N) is 1. The van der Waals surface area contributed by atoms with Crippen molar-refractivity contribution in [3.8, 4) is 0 Å². The standard InChI is InChI=1S/C18H25N3O2S/c1-3-21-16-9-5-4-8-15(16)20-18(21)13(2)19-17(22)12-24-11-14-7-6-10-23-14/h4-5,8-9,13-14H,3,6-7,10-12H2,1-2H3,(H,19,22)/t13-,14+/m0/s1. The molecule has 0 aliphatic carbocycles. The minimum absolute atomic E-state index is 0.0557. The summed E-state index contributed by atoms with van der Waals surface area (Å²) in [6.07, 6.45) is 2.58. The second kappa shape index (κ2) is 8.03. The van der Waals surface area contributed by atoms with Crippen molar-refractivity contribution in [1.82, 2.24) is 14.9 Å². The summed E-state index contributed by atoms with van der Waals surface area (Å²) in [7, 11) is 0. The molecule has 1 fully saturated rings. The van der Waals surface area contributed by atoms with Gasteiger partial charge in [0.25, 0.3) is 0 Å². The Morgan fingerprint density at radius 1 is 1.50 bits per heavy atom. The lowest BCUT2D eigenvalue weighted by Gasteiger charge is -2.15. The van der Waals surface area contributed by atoms with Crippen LogP contribution in [0.15, 0.2) is 24.3 Å². The maximum atomic E-state index is 12.2. The Hall–Kier alpha value is -1.53. The summed E-state index contributed by atoms with van der Waals surface area (Å²) in [6, 6.07) is 7.99. The number of amides is 1. The molecule has 1 aliphatic rings. The van der Waals surface area contributed by atoms with Crippen LogP contribution in [-0.2, 0) is 16.1 Å². The fraction of sp³-hybridized carbons (Fsp3) is 0.556. The van der Waals surface area contributed by atoms with Crippen molar-refractivity contribution in [2.45, 2.75) is 45.4 Å². The zero-order valence-electron chi connectivity index (χ0n) is 14.3. The van der Waals surface area contributed by atoms with Crippen molar-refractivity contribution in [1.29, 1.82) is 0 Å². The Kier molecular flexibility index (Phi) is 5.79. The minimum Gasteiger partial charge on any atom is -0.377 e. The molecule has 130 valence electrons. The number of benzene rings is 1. The highest BCUT2D eigenvalue weighted by Crippen LogP contribution is 2.21. The number of aromatic nitrogens is 2. The van der Waals surface area contributed by atoms with E-state index in [1.807, 2.05) is 25.1 Å². The molecule has 0 bridgehead atoms. The summed E-state index contributed by atoms with van der Waals surface area (Å²) in [6.45, 7) is 5.80. The van der Waals surface area contributed by atoms with Gasteiger partial charge >= 0.3 is 0 Å². The SMILES string of the molecule is CCn1c([C@H](C)NC(=O)CSC[C@H]2CCCO2)nc2ccccc21. The van der Waals surface area contributed by atoms with Crippen LogP contribution >= 0.6 is 11.8 Å². The molecule has 0 spiro atoms. The summed E-state index contributed by atoms with van der Waals surface area (Å²) >= 11 is 1.65. The van der Waals surface area contributed by atoms with Crippen molar-refractivity contribution in [3.63, 3.8) is 0 Å². The van der Waals surface area contributed by atoms with E-state index < -0.39 is 0 Å². The van der Waals surface area contributed by atoms with Gasteiger partial charge in [0.05, 0.1) is 28.9 Å². The number of carbonyl (C=O) groups excluding carboxylic acids is 1. The van der Waals surface area contributed by atoms with Crippen LogP contribution < -0.4 is 5.32 Å². The van der Waals surface area contributed by atoms with E-state index in [1.54, 1.807) is 11.8 Å². The van der Waals surface area contributed by atoms with Crippen molar-refractivity contribution < 1.29 is 9.53 Å². The number of imidazole rings is 1. The molecule has 2 heterocycles. The maximum Gasteiger partial charge on any atom is 0.230 e. The van der Waals surface area contributed by atoms with Crippen LogP contribution in [0, 0.1) is 0 Å². The van der Waals surface area contributed by atoms with Gasteiger partial charge in [0.2, 0.25) is 5.91 Å². The van der Waals surface area contributed by atoms with E-state index in [0.717, 1.165) is 48.6 Å². The smallest absolute Gasteiger partial charge is 0.230 e. The number of fused-ring (bicyclic) bond motifs is 1. The van der Waals surface area contributed by atoms with Crippen molar-refractivity contribution in [3.05, 3.63) is 30.1 Å². The lowest BCUT2D eigenvalue weighted by molar-refractivity contribution is -0.119. The van der Waals surface area contributed by atoms with Crippen LogP contribution in [0.3, 0.4) is 0 Å². The third-order valence-electron chi connectivity index (χ3n) is 4.33. The van der Waals surface area contributed by atoms with Crippen LogP contribution in [-0.4, -0.2) is 39.7 Å². The molecule has 24 heavy (non-hydrogen) atoms. The van der Waals surface area contributed by atoms with Crippen LogP contribution in [0.1, 0.15) is 38.6 Å². The van der Waals surface area contributed by atoms with Crippen molar-refractivity contribution in [2.75, 3.05) is 18.1 Å². The second-order valence-corrected chi connectivity index (χ2v) is 7.17. The molecule has 0 saturated carbocycles. The molecule has 0 unspecified atom stereocenters. The molecule has 1 saturated heterocycles. The minimum atomic E-state index is -0.104. The number of thioether (sulfide) groups is 1. The Morgan fingerprint density at radius 2 is 2.33 bits per heavy atom. The summed E-state index contributed by atoms with van der Waals surface area (Å²) in [5, 5.41) is 3.07. The maximum absolute atomic E-state index is 12.2. The van der Waals surface area contributed by atoms with Crippen LogP contribution in [0.2, 0.25) is 0 Å². The molecule has 1 N–H and O–H groups in total. The molecular weight excluding hydrogens is 322 g/mol. The summed E-state index contributed by atoms with van der Waals surface area (Å²) in [5.74, 6) is 2.34. The monoisotopic (exact) mass is 347 g/mol.